The molecule has 0 spiro atoms. The molecule has 0 aliphatic carbocycles. The molecule has 0 saturated carbocycles. The Kier molecular flexibility index (Phi) is 7.49. The predicted molar refractivity (Wildman–Crippen MR) is 101 cm³/mol. The number of nitrogens with zero attached hydrogens (tertiary/aromatic N) is 1. The molecule has 26 heavy (non-hydrogen) atoms. The van der Waals surface area contributed by atoms with Crippen LogP contribution in [0.1, 0.15) is 23.1 Å². The van der Waals surface area contributed by atoms with Crippen molar-refractivity contribution in [3.63, 3.8) is 0 Å². The third-order valence-corrected chi connectivity index (χ3v) is 3.74. The van der Waals surface area contributed by atoms with Gasteiger partial charge in [0.15, 0.2) is 0 Å². The average molecular weight is 356 g/mol. The number of methoxy groups -OCH3 is 1. The maximum absolute atomic E-state index is 10.9. The SMILES string of the molecule is COC(=O)N/N=C\c1ccc(OCCCOc2ccc(C)c(C)c2)cc1. The standard InChI is InChI=1S/C20H24N2O4/c1-15-5-8-19(13-16(15)2)26-12-4-11-25-18-9-6-17(7-10-18)14-21-22-20(23)24-3/h5-10,13-14H,4,11-12H2,1-3H3,(H,22,23)/b21-14-. The molecule has 0 aliphatic heterocycles. The molecule has 0 atom stereocenters. The Labute approximate surface area is 153 Å². The molecule has 2 rings (SSSR count). The zero-order valence-electron chi connectivity index (χ0n) is 15.3. The number of carbonyl (C=O) groups is 1. The number of carbonyl (C=O) groups excluding carboxylic acids is 1. The number of nitrogens with one attached hydrogen (secondary N) is 1. The van der Waals surface area contributed by atoms with E-state index >= 15 is 0 Å². The fourth-order valence-electron chi connectivity index (χ4n) is 2.10. The van der Waals surface area contributed by atoms with Gasteiger partial charge in [-0.15, -0.1) is 0 Å². The van der Waals surface area contributed by atoms with Gasteiger partial charge in [-0.05, 0) is 66.9 Å². The smallest absolute Gasteiger partial charge is 0.427 e. The highest BCUT2D eigenvalue weighted by Gasteiger charge is 1.99. The summed E-state index contributed by atoms with van der Waals surface area (Å²) in [4.78, 5) is 10.9. The highest BCUT2D eigenvalue weighted by molar-refractivity contribution is 5.80. The quantitative estimate of drug-likeness (QED) is 0.443. The lowest BCUT2D eigenvalue weighted by atomic mass is 10.1. The average Bonchev–Trinajstić information content (AvgIpc) is 2.65. The van der Waals surface area contributed by atoms with Crippen molar-refractivity contribution < 1.29 is 19.0 Å². The first kappa shape index (κ1) is 19.3. The Balaban J connectivity index is 1.67. The molecular weight excluding hydrogens is 332 g/mol. The summed E-state index contributed by atoms with van der Waals surface area (Å²) in [7, 11) is 1.28. The van der Waals surface area contributed by atoms with Crippen molar-refractivity contribution in [1.29, 1.82) is 0 Å². The third-order valence-electron chi connectivity index (χ3n) is 3.74. The van der Waals surface area contributed by atoms with E-state index in [4.69, 9.17) is 9.47 Å². The van der Waals surface area contributed by atoms with Gasteiger partial charge in [-0.25, -0.2) is 10.2 Å². The Hall–Kier alpha value is -3.02. The number of benzene rings is 2. The predicted octanol–water partition coefficient (Wildman–Crippen LogP) is 3.84. The molecule has 0 unspecified atom stereocenters. The summed E-state index contributed by atoms with van der Waals surface area (Å²) in [6, 6.07) is 13.5. The van der Waals surface area contributed by atoms with Gasteiger partial charge in [0, 0.05) is 6.42 Å². The van der Waals surface area contributed by atoms with Crippen LogP contribution >= 0.6 is 0 Å². The number of hydrazone groups is 1. The zero-order chi connectivity index (χ0) is 18.8. The van der Waals surface area contributed by atoms with Crippen molar-refractivity contribution in [3.8, 4) is 11.5 Å². The van der Waals surface area contributed by atoms with Gasteiger partial charge >= 0.3 is 6.09 Å². The summed E-state index contributed by atoms with van der Waals surface area (Å²) < 4.78 is 15.8. The highest BCUT2D eigenvalue weighted by Crippen LogP contribution is 2.16. The van der Waals surface area contributed by atoms with E-state index in [0.717, 1.165) is 23.5 Å². The number of hydrogen-bond donors (Lipinski definition) is 1. The molecule has 2 aromatic carbocycles. The number of aryl methyl sites for hydroxylation is 2. The van der Waals surface area contributed by atoms with Gasteiger partial charge < -0.3 is 14.2 Å². The zero-order valence-corrected chi connectivity index (χ0v) is 15.3. The van der Waals surface area contributed by atoms with Crippen LogP contribution in [-0.4, -0.2) is 32.6 Å². The Morgan fingerprint density at radius 2 is 1.65 bits per heavy atom. The first-order chi connectivity index (χ1) is 12.6. The molecule has 1 N–H and O–H groups in total. The largest absolute Gasteiger partial charge is 0.493 e. The number of hydrogen-bond acceptors (Lipinski definition) is 5. The lowest BCUT2D eigenvalue weighted by Gasteiger charge is -2.09. The summed E-state index contributed by atoms with van der Waals surface area (Å²) >= 11 is 0. The lowest BCUT2D eigenvalue weighted by Crippen LogP contribution is -2.16. The molecule has 6 heteroatoms. The minimum Gasteiger partial charge on any atom is -0.493 e. The van der Waals surface area contributed by atoms with E-state index in [1.54, 1.807) is 0 Å². The van der Waals surface area contributed by atoms with Crippen LogP contribution in [0.4, 0.5) is 4.79 Å². The molecular formula is C20H24N2O4. The second-order valence-electron chi connectivity index (χ2n) is 5.73. The molecule has 0 radical (unpaired) electrons. The lowest BCUT2D eigenvalue weighted by molar-refractivity contribution is 0.171. The summed E-state index contributed by atoms with van der Waals surface area (Å²) in [6.07, 6.45) is 1.71. The van der Waals surface area contributed by atoms with Crippen molar-refractivity contribution in [1.82, 2.24) is 5.43 Å². The van der Waals surface area contributed by atoms with Crippen LogP contribution in [0.2, 0.25) is 0 Å². The van der Waals surface area contributed by atoms with Crippen LogP contribution in [0.3, 0.4) is 0 Å². The van der Waals surface area contributed by atoms with Crippen molar-refractivity contribution in [2.75, 3.05) is 20.3 Å². The fraction of sp³-hybridized carbons (Fsp3) is 0.300. The van der Waals surface area contributed by atoms with E-state index in [-0.39, 0.29) is 0 Å². The summed E-state index contributed by atoms with van der Waals surface area (Å²) in [5.74, 6) is 1.66. The molecule has 0 saturated heterocycles. The van der Waals surface area contributed by atoms with Crippen molar-refractivity contribution in [3.05, 3.63) is 59.2 Å². The number of ether oxygens (including phenoxy) is 3. The molecule has 1 amide bonds. The van der Waals surface area contributed by atoms with Gasteiger partial charge in [0.1, 0.15) is 11.5 Å². The molecule has 2 aromatic rings. The number of rotatable bonds is 8. The van der Waals surface area contributed by atoms with Crippen LogP contribution in [0.25, 0.3) is 0 Å². The summed E-state index contributed by atoms with van der Waals surface area (Å²) in [5.41, 5.74) is 5.55. The van der Waals surface area contributed by atoms with Crippen LogP contribution in [-0.2, 0) is 4.74 Å². The first-order valence-corrected chi connectivity index (χ1v) is 8.38. The van der Waals surface area contributed by atoms with E-state index in [1.165, 1.54) is 24.5 Å². The van der Waals surface area contributed by atoms with Gasteiger partial charge in [0.05, 0.1) is 26.5 Å². The van der Waals surface area contributed by atoms with Crippen molar-refractivity contribution >= 4 is 12.3 Å². The van der Waals surface area contributed by atoms with Crippen LogP contribution < -0.4 is 14.9 Å². The van der Waals surface area contributed by atoms with E-state index in [1.807, 2.05) is 36.4 Å². The Bertz CT molecular complexity index is 742. The fourth-order valence-corrected chi connectivity index (χ4v) is 2.10. The van der Waals surface area contributed by atoms with Gasteiger partial charge in [0.2, 0.25) is 0 Å². The second-order valence-corrected chi connectivity index (χ2v) is 5.73. The molecule has 0 fully saturated rings. The highest BCUT2D eigenvalue weighted by atomic mass is 16.5. The minimum atomic E-state index is -0.607. The van der Waals surface area contributed by atoms with Crippen LogP contribution in [0.15, 0.2) is 47.6 Å². The second kappa shape index (κ2) is 10.1. The molecule has 0 aromatic heterocycles. The number of amides is 1. The van der Waals surface area contributed by atoms with Gasteiger partial charge in [-0.3, -0.25) is 0 Å². The Morgan fingerprint density at radius 1 is 1.00 bits per heavy atom. The maximum atomic E-state index is 10.9. The van der Waals surface area contributed by atoms with Crippen LogP contribution in [0, 0.1) is 13.8 Å². The van der Waals surface area contributed by atoms with E-state index in [9.17, 15) is 4.79 Å². The first-order valence-electron chi connectivity index (χ1n) is 8.38. The molecule has 0 heterocycles. The van der Waals surface area contributed by atoms with E-state index < -0.39 is 6.09 Å². The molecule has 0 bridgehead atoms. The van der Waals surface area contributed by atoms with Crippen LogP contribution in [0.5, 0.6) is 11.5 Å². The summed E-state index contributed by atoms with van der Waals surface area (Å²) in [5, 5.41) is 3.76. The molecule has 6 nitrogen and oxygen atoms in total. The maximum Gasteiger partial charge on any atom is 0.427 e. The Morgan fingerprint density at radius 3 is 2.31 bits per heavy atom. The van der Waals surface area contributed by atoms with Gasteiger partial charge in [-0.1, -0.05) is 6.07 Å². The van der Waals surface area contributed by atoms with Gasteiger partial charge in [0.25, 0.3) is 0 Å². The van der Waals surface area contributed by atoms with E-state index in [0.29, 0.717) is 13.2 Å². The minimum absolute atomic E-state index is 0.572. The van der Waals surface area contributed by atoms with Gasteiger partial charge in [-0.2, -0.15) is 5.10 Å². The van der Waals surface area contributed by atoms with Crippen molar-refractivity contribution in [2.24, 2.45) is 5.10 Å². The molecule has 138 valence electrons. The normalized spacial score (nSPS) is 10.6. The van der Waals surface area contributed by atoms with E-state index in [2.05, 4.69) is 35.2 Å². The summed E-state index contributed by atoms with van der Waals surface area (Å²) in [6.45, 7) is 5.33. The third kappa shape index (κ3) is 6.47. The molecule has 0 aliphatic rings. The van der Waals surface area contributed by atoms with Crippen molar-refractivity contribution in [2.45, 2.75) is 20.3 Å². The topological polar surface area (TPSA) is 69.2 Å². The monoisotopic (exact) mass is 356 g/mol.